The molecule has 0 amide bonds. The first-order valence-electron chi connectivity index (χ1n) is 16.6. The number of hydrogen-bond acceptors (Lipinski definition) is 9. The average molecular weight is 891 g/mol. The van der Waals surface area contributed by atoms with Gasteiger partial charge in [-0.3, -0.25) is 0 Å². The number of halogens is 1. The van der Waals surface area contributed by atoms with Crippen molar-refractivity contribution >= 4 is 50.6 Å². The van der Waals surface area contributed by atoms with E-state index in [-0.39, 0.29) is 20.6 Å². The molecule has 0 saturated carbocycles. The third kappa shape index (κ3) is 9.87. The summed E-state index contributed by atoms with van der Waals surface area (Å²) < 4.78 is 101. The van der Waals surface area contributed by atoms with Crippen LogP contribution in [0, 0.1) is 21.0 Å². The van der Waals surface area contributed by atoms with Gasteiger partial charge in [0.1, 0.15) is 0 Å². The maximum absolute atomic E-state index is 14.5. The van der Waals surface area contributed by atoms with Crippen LogP contribution in [-0.4, -0.2) is 25.3 Å². The van der Waals surface area contributed by atoms with E-state index in [1.54, 1.807) is 38.1 Å². The van der Waals surface area contributed by atoms with Crippen LogP contribution in [0.15, 0.2) is 130 Å². The molecule has 5 aromatic rings. The van der Waals surface area contributed by atoms with E-state index in [9.17, 15) is 25.3 Å². The summed E-state index contributed by atoms with van der Waals surface area (Å²) in [5.74, 6) is -0.982. The molecule has 0 unspecified atom stereocenters. The Morgan fingerprint density at radius 3 is 1.26 bits per heavy atom. The van der Waals surface area contributed by atoms with E-state index >= 15 is 0 Å². The van der Waals surface area contributed by atoms with Crippen LogP contribution in [0.5, 0.6) is 11.5 Å². The van der Waals surface area contributed by atoms with Crippen molar-refractivity contribution in [1.29, 1.82) is 0 Å². The third-order valence-corrected chi connectivity index (χ3v) is 18.0. The molecule has 282 valence electrons. The molecule has 0 aromatic heterocycles. The van der Waals surface area contributed by atoms with Gasteiger partial charge in [0, 0.05) is 0 Å². The molecule has 0 spiro atoms. The predicted molar refractivity (Wildman–Crippen MR) is 214 cm³/mol. The molecule has 0 N–H and O–H groups in total. The fourth-order valence-electron chi connectivity index (χ4n) is 5.00. The van der Waals surface area contributed by atoms with Gasteiger partial charge >= 0.3 is 324 Å². The molecular weight excluding hydrogens is 848 g/mol. The van der Waals surface area contributed by atoms with Gasteiger partial charge in [-0.05, 0) is 0 Å². The van der Waals surface area contributed by atoms with Crippen molar-refractivity contribution in [3.8, 4) is 11.5 Å². The molecule has 13 heteroatoms. The Morgan fingerprint density at radius 2 is 0.868 bits per heavy atom. The Kier molecular flexibility index (Phi) is 11.6. The Bertz CT molecular complexity index is 2360. The van der Waals surface area contributed by atoms with Crippen LogP contribution >= 0.6 is 20.2 Å². The van der Waals surface area contributed by atoms with Crippen molar-refractivity contribution in [1.82, 2.24) is 0 Å². The van der Waals surface area contributed by atoms with E-state index in [0.717, 1.165) is 40.5 Å². The van der Waals surface area contributed by atoms with Crippen LogP contribution in [0.1, 0.15) is 63.8 Å². The molecule has 0 atom stereocenters. The summed E-state index contributed by atoms with van der Waals surface area (Å²) in [5, 5.41) is 0. The van der Waals surface area contributed by atoms with Gasteiger partial charge in [-0.2, -0.15) is 0 Å². The van der Waals surface area contributed by atoms with Crippen molar-refractivity contribution in [2.75, 3.05) is 0 Å². The summed E-state index contributed by atoms with van der Waals surface area (Å²) in [5.41, 5.74) is 3.39. The van der Waals surface area contributed by atoms with Crippen molar-refractivity contribution in [2.45, 2.75) is 80.9 Å². The quantitative estimate of drug-likeness (QED) is 0.0941. The topological polar surface area (TPSA) is 130 Å². The minimum atomic E-state index is -4.87. The molecule has 0 aliphatic heterocycles. The summed E-state index contributed by atoms with van der Waals surface area (Å²) in [6.45, 7) is 16.0. The van der Waals surface area contributed by atoms with Gasteiger partial charge in [0.25, 0.3) is 0 Å². The van der Waals surface area contributed by atoms with Crippen molar-refractivity contribution in [2.24, 2.45) is 0 Å². The molecule has 9 nitrogen and oxygen atoms in total. The van der Waals surface area contributed by atoms with Gasteiger partial charge in [-0.1, -0.05) is 0 Å². The average Bonchev–Trinajstić information content (AvgIpc) is 3.07. The normalized spacial score (nSPS) is 13.0. The molecule has 0 bridgehead atoms. The summed E-state index contributed by atoms with van der Waals surface area (Å²) in [6.07, 6.45) is 0. The Balaban J connectivity index is 1.63. The van der Waals surface area contributed by atoms with Crippen LogP contribution in [-0.2, 0) is 43.7 Å². The third-order valence-electron chi connectivity index (χ3n) is 8.17. The van der Waals surface area contributed by atoms with Crippen LogP contribution in [0.4, 0.5) is 0 Å². The fraction of sp³-hybridized carbons (Fsp3) is 0.250. The first kappa shape index (κ1) is 40.4. The van der Waals surface area contributed by atoms with Gasteiger partial charge < -0.3 is 0 Å². The molecular formula is C40H43IO9S3. The van der Waals surface area contributed by atoms with E-state index in [1.807, 2.05) is 48.5 Å². The zero-order chi connectivity index (χ0) is 39.0. The fourth-order valence-corrected chi connectivity index (χ4v) is 13.9. The second-order valence-electron chi connectivity index (χ2n) is 14.6. The Hall–Kier alpha value is -3.76. The number of aryl methyl sites for hydroxylation is 2. The monoisotopic (exact) mass is 890 g/mol. The molecule has 0 aliphatic rings. The van der Waals surface area contributed by atoms with E-state index in [2.05, 4.69) is 41.5 Å². The standard InChI is InChI=1S/C40H43IO9S3/c1-28-9-22-35(23-10-28)51(42,43)48-34-21-26-37(49-52(44,45)36-24-11-29(2)12-25-36)38(27-34)53(46,47)50-41(32-17-13-30(14-18-32)39(3,4)5)33-19-15-31(16-20-33)40(6,7)8/h9-27H,1-8H3. The van der Waals surface area contributed by atoms with E-state index < -0.39 is 67.0 Å². The van der Waals surface area contributed by atoms with Crippen molar-refractivity contribution in [3.05, 3.63) is 145 Å². The molecule has 53 heavy (non-hydrogen) atoms. The number of hydrogen-bond donors (Lipinski definition) is 0. The van der Waals surface area contributed by atoms with Crippen molar-refractivity contribution in [3.63, 3.8) is 0 Å². The van der Waals surface area contributed by atoms with Gasteiger partial charge in [0.15, 0.2) is 0 Å². The summed E-state index contributed by atoms with van der Waals surface area (Å²) in [6, 6.07) is 30.0. The zero-order valence-corrected chi connectivity index (χ0v) is 35.4. The first-order chi connectivity index (χ1) is 24.5. The maximum atomic E-state index is 14.5. The Morgan fingerprint density at radius 1 is 0.472 bits per heavy atom. The number of rotatable bonds is 11. The van der Waals surface area contributed by atoms with Crippen LogP contribution in [0.2, 0.25) is 0 Å². The molecule has 0 saturated heterocycles. The minimum absolute atomic E-state index is 0.156. The Labute approximate surface area is 321 Å². The van der Waals surface area contributed by atoms with Crippen LogP contribution < -0.4 is 8.37 Å². The van der Waals surface area contributed by atoms with Crippen molar-refractivity contribution < 1.29 is 36.1 Å². The zero-order valence-electron chi connectivity index (χ0n) is 30.7. The van der Waals surface area contributed by atoms with E-state index in [1.165, 1.54) is 24.3 Å². The molecule has 5 aromatic carbocycles. The summed E-state index contributed by atoms with van der Waals surface area (Å²) in [7, 11) is -13.8. The molecule has 0 aliphatic carbocycles. The van der Waals surface area contributed by atoms with Gasteiger partial charge in [0.2, 0.25) is 0 Å². The van der Waals surface area contributed by atoms with Crippen LogP contribution in [0.25, 0.3) is 0 Å². The molecule has 0 fully saturated rings. The summed E-state index contributed by atoms with van der Waals surface area (Å²) in [4.78, 5) is -1.08. The van der Waals surface area contributed by atoms with Gasteiger partial charge in [-0.25, -0.2) is 0 Å². The molecule has 0 radical (unpaired) electrons. The van der Waals surface area contributed by atoms with E-state index in [4.69, 9.17) is 10.9 Å². The molecule has 0 heterocycles. The number of benzene rings is 5. The summed E-state index contributed by atoms with van der Waals surface area (Å²) >= 11 is -3.34. The van der Waals surface area contributed by atoms with Gasteiger partial charge in [-0.15, -0.1) is 0 Å². The molecule has 5 rings (SSSR count). The SMILES string of the molecule is Cc1ccc(S(=O)(=O)Oc2ccc(OS(=O)(=O)c3ccc(C)cc3)c(S(=O)(=O)OI(c3ccc(C(C)(C)C)cc3)c3ccc(C(C)(C)C)cc3)c2)cc1. The van der Waals surface area contributed by atoms with Gasteiger partial charge in [0.05, 0.1) is 0 Å². The van der Waals surface area contributed by atoms with E-state index in [0.29, 0.717) is 7.14 Å². The van der Waals surface area contributed by atoms with Crippen LogP contribution in [0.3, 0.4) is 0 Å². The first-order valence-corrected chi connectivity index (χ1v) is 23.8. The predicted octanol–water partition coefficient (Wildman–Crippen LogP) is 9.30. The second-order valence-corrected chi connectivity index (χ2v) is 24.1. The second kappa shape index (κ2) is 15.2.